The number of halogens is 2. The molecule has 18 heavy (non-hydrogen) atoms. The summed E-state index contributed by atoms with van der Waals surface area (Å²) in [7, 11) is 0. The van der Waals surface area contributed by atoms with Gasteiger partial charge in [-0.15, -0.1) is 0 Å². The molecule has 2 nitrogen and oxygen atoms in total. The van der Waals surface area contributed by atoms with E-state index in [1.165, 1.54) is 18.4 Å². The normalized spacial score (nSPS) is 10.8. The average molecular weight is 263 g/mol. The minimum absolute atomic E-state index is 0.331. The fourth-order valence-electron chi connectivity index (χ4n) is 1.75. The molecule has 4 heteroatoms. The van der Waals surface area contributed by atoms with E-state index in [1.54, 1.807) is 30.3 Å². The molecule has 0 atom stereocenters. The van der Waals surface area contributed by atoms with Gasteiger partial charge in [0.15, 0.2) is 11.3 Å². The molecule has 3 rings (SSSR count). The fraction of sp³-hybridized carbons (Fsp3) is 0. The first-order valence-corrected chi connectivity index (χ1v) is 5.70. The Hall–Kier alpha value is -2.00. The van der Waals surface area contributed by atoms with Gasteiger partial charge in [0.05, 0.1) is 6.26 Å². The molecule has 0 saturated carbocycles. The third kappa shape index (κ3) is 2.05. The maximum atomic E-state index is 13.4. The first-order valence-electron chi connectivity index (χ1n) is 5.32. The Morgan fingerprint density at radius 2 is 2.00 bits per heavy atom. The zero-order chi connectivity index (χ0) is 12.5. The van der Waals surface area contributed by atoms with E-state index in [4.69, 9.17) is 20.8 Å². The number of benzene rings is 2. The number of ether oxygens (including phenoxy) is 1. The molecule has 0 amide bonds. The predicted molar refractivity (Wildman–Crippen MR) is 67.7 cm³/mol. The van der Waals surface area contributed by atoms with Crippen molar-refractivity contribution in [2.45, 2.75) is 0 Å². The topological polar surface area (TPSA) is 22.4 Å². The molecule has 0 unspecified atom stereocenters. The van der Waals surface area contributed by atoms with E-state index < -0.39 is 0 Å². The van der Waals surface area contributed by atoms with Gasteiger partial charge in [-0.3, -0.25) is 0 Å². The lowest BCUT2D eigenvalue weighted by Crippen LogP contribution is -1.86. The summed E-state index contributed by atoms with van der Waals surface area (Å²) in [6.07, 6.45) is 1.49. The van der Waals surface area contributed by atoms with Crippen LogP contribution in [0.25, 0.3) is 11.0 Å². The molecule has 0 aliphatic rings. The molecular formula is C14H8ClFO2. The van der Waals surface area contributed by atoms with Crippen molar-refractivity contribution in [3.63, 3.8) is 0 Å². The van der Waals surface area contributed by atoms with Crippen LogP contribution in [-0.2, 0) is 0 Å². The third-order valence-electron chi connectivity index (χ3n) is 2.51. The number of fused-ring (bicyclic) bond motifs is 1. The van der Waals surface area contributed by atoms with Crippen molar-refractivity contribution in [2.75, 3.05) is 0 Å². The third-order valence-corrected chi connectivity index (χ3v) is 2.74. The summed E-state index contributed by atoms with van der Waals surface area (Å²) in [5, 5.41) is 1.21. The lowest BCUT2D eigenvalue weighted by molar-refractivity contribution is 0.467. The van der Waals surface area contributed by atoms with Crippen LogP contribution in [0.2, 0.25) is 5.02 Å². The molecule has 3 aromatic rings. The molecule has 0 spiro atoms. The Balaban J connectivity index is 2.06. The van der Waals surface area contributed by atoms with E-state index in [-0.39, 0.29) is 5.82 Å². The SMILES string of the molecule is Fc1cc(Oc2cccc(Cl)c2)c2occc2c1. The van der Waals surface area contributed by atoms with E-state index in [2.05, 4.69) is 0 Å². The number of hydrogen-bond donors (Lipinski definition) is 0. The lowest BCUT2D eigenvalue weighted by atomic mass is 10.2. The first-order chi connectivity index (χ1) is 8.72. The van der Waals surface area contributed by atoms with Gasteiger partial charge in [0.2, 0.25) is 0 Å². The van der Waals surface area contributed by atoms with Crippen LogP contribution < -0.4 is 4.74 Å². The molecule has 0 N–H and O–H groups in total. The van der Waals surface area contributed by atoms with E-state index >= 15 is 0 Å². The predicted octanol–water partition coefficient (Wildman–Crippen LogP) is 5.02. The van der Waals surface area contributed by atoms with Gasteiger partial charge in [0.1, 0.15) is 11.6 Å². The molecular weight excluding hydrogens is 255 g/mol. The van der Waals surface area contributed by atoms with Crippen molar-refractivity contribution in [3.05, 3.63) is 59.6 Å². The monoisotopic (exact) mass is 262 g/mol. The van der Waals surface area contributed by atoms with Crippen LogP contribution in [0, 0.1) is 5.82 Å². The summed E-state index contributed by atoms with van der Waals surface area (Å²) < 4.78 is 24.3. The second-order valence-electron chi connectivity index (χ2n) is 3.80. The minimum atomic E-state index is -0.374. The van der Waals surface area contributed by atoms with Gasteiger partial charge < -0.3 is 9.15 Å². The van der Waals surface area contributed by atoms with Gasteiger partial charge in [-0.1, -0.05) is 17.7 Å². The van der Waals surface area contributed by atoms with Gasteiger partial charge in [-0.25, -0.2) is 4.39 Å². The molecule has 0 aliphatic carbocycles. The standard InChI is InChI=1S/C14H8ClFO2/c15-10-2-1-3-12(7-10)18-13-8-11(16)6-9-4-5-17-14(9)13/h1-8H. The van der Waals surface area contributed by atoms with Crippen molar-refractivity contribution in [1.82, 2.24) is 0 Å². The summed E-state index contributed by atoms with van der Waals surface area (Å²) in [5.74, 6) is 0.490. The first kappa shape index (κ1) is 11.1. The lowest BCUT2D eigenvalue weighted by Gasteiger charge is -2.06. The minimum Gasteiger partial charge on any atom is -0.460 e. The Morgan fingerprint density at radius 3 is 2.83 bits per heavy atom. The summed E-state index contributed by atoms with van der Waals surface area (Å²) in [6.45, 7) is 0. The van der Waals surface area contributed by atoms with Gasteiger partial charge in [0.25, 0.3) is 0 Å². The Kier molecular flexibility index (Phi) is 2.68. The second-order valence-corrected chi connectivity index (χ2v) is 4.24. The van der Waals surface area contributed by atoms with Crippen molar-refractivity contribution in [3.8, 4) is 11.5 Å². The van der Waals surface area contributed by atoms with Crippen LogP contribution in [0.15, 0.2) is 53.1 Å². The molecule has 2 aromatic carbocycles. The van der Waals surface area contributed by atoms with Crippen LogP contribution in [0.4, 0.5) is 4.39 Å². The van der Waals surface area contributed by atoms with Gasteiger partial charge >= 0.3 is 0 Å². The highest BCUT2D eigenvalue weighted by Gasteiger charge is 2.09. The highest BCUT2D eigenvalue weighted by atomic mass is 35.5. The summed E-state index contributed by atoms with van der Waals surface area (Å²) in [5.41, 5.74) is 0.511. The fourth-order valence-corrected chi connectivity index (χ4v) is 1.93. The van der Waals surface area contributed by atoms with E-state index in [0.717, 1.165) is 0 Å². The molecule has 0 fully saturated rings. The quantitative estimate of drug-likeness (QED) is 0.647. The summed E-state index contributed by atoms with van der Waals surface area (Å²) in [4.78, 5) is 0. The molecule has 0 saturated heterocycles. The van der Waals surface area contributed by atoms with E-state index in [0.29, 0.717) is 27.5 Å². The van der Waals surface area contributed by atoms with Crippen LogP contribution in [0.3, 0.4) is 0 Å². The Morgan fingerprint density at radius 1 is 1.11 bits per heavy atom. The van der Waals surface area contributed by atoms with Gasteiger partial charge in [0, 0.05) is 16.5 Å². The summed E-state index contributed by atoms with van der Waals surface area (Å²) >= 11 is 5.86. The van der Waals surface area contributed by atoms with E-state index in [1.807, 2.05) is 0 Å². The Labute approximate surface area is 108 Å². The van der Waals surface area contributed by atoms with Crippen molar-refractivity contribution in [1.29, 1.82) is 0 Å². The molecule has 1 aromatic heterocycles. The van der Waals surface area contributed by atoms with Crippen molar-refractivity contribution in [2.24, 2.45) is 0 Å². The van der Waals surface area contributed by atoms with Crippen LogP contribution in [-0.4, -0.2) is 0 Å². The number of furan rings is 1. The number of hydrogen-bond acceptors (Lipinski definition) is 2. The largest absolute Gasteiger partial charge is 0.460 e. The highest BCUT2D eigenvalue weighted by Crippen LogP contribution is 2.32. The molecule has 0 radical (unpaired) electrons. The van der Waals surface area contributed by atoms with Crippen LogP contribution in [0.5, 0.6) is 11.5 Å². The van der Waals surface area contributed by atoms with Gasteiger partial charge in [-0.05, 0) is 30.3 Å². The smallest absolute Gasteiger partial charge is 0.176 e. The number of rotatable bonds is 2. The zero-order valence-electron chi connectivity index (χ0n) is 9.19. The average Bonchev–Trinajstić information content (AvgIpc) is 2.77. The molecule has 1 heterocycles. The molecule has 0 aliphatic heterocycles. The highest BCUT2D eigenvalue weighted by molar-refractivity contribution is 6.30. The van der Waals surface area contributed by atoms with Crippen molar-refractivity contribution >= 4 is 22.6 Å². The molecule has 90 valence electrons. The van der Waals surface area contributed by atoms with Crippen LogP contribution in [0.1, 0.15) is 0 Å². The van der Waals surface area contributed by atoms with Gasteiger partial charge in [-0.2, -0.15) is 0 Å². The zero-order valence-corrected chi connectivity index (χ0v) is 9.95. The molecule has 0 bridgehead atoms. The summed E-state index contributed by atoms with van der Waals surface area (Å²) in [6, 6.07) is 11.3. The van der Waals surface area contributed by atoms with Crippen LogP contribution >= 0.6 is 11.6 Å². The maximum Gasteiger partial charge on any atom is 0.176 e. The maximum absolute atomic E-state index is 13.4. The van der Waals surface area contributed by atoms with E-state index in [9.17, 15) is 4.39 Å². The van der Waals surface area contributed by atoms with Crippen molar-refractivity contribution < 1.29 is 13.5 Å². The second kappa shape index (κ2) is 4.35. The Bertz CT molecular complexity index is 706.